The molecule has 4 nitrogen and oxygen atoms in total. The summed E-state index contributed by atoms with van der Waals surface area (Å²) in [7, 11) is 0. The molecule has 56 heavy (non-hydrogen) atoms. The number of hydrogen-bond donors (Lipinski definition) is 0. The lowest BCUT2D eigenvalue weighted by Crippen LogP contribution is -2.45. The van der Waals surface area contributed by atoms with Gasteiger partial charge in [-0.15, -0.1) is 0 Å². The van der Waals surface area contributed by atoms with E-state index in [1.165, 1.54) is 220 Å². The molecule has 10 heterocycles. The fourth-order valence-electron chi connectivity index (χ4n) is 12.1. The Balaban J connectivity index is 0.000000172. The Morgan fingerprint density at radius 1 is 0.321 bits per heavy atom. The van der Waals surface area contributed by atoms with Gasteiger partial charge in [0.25, 0.3) is 0 Å². The van der Waals surface area contributed by atoms with Crippen LogP contribution in [-0.4, -0.2) is 98.1 Å². The van der Waals surface area contributed by atoms with Crippen LogP contribution in [0.5, 0.6) is 0 Å². The van der Waals surface area contributed by atoms with Crippen LogP contribution in [0.2, 0.25) is 0 Å². The molecule has 10 aliphatic heterocycles. The first-order chi connectivity index (χ1) is 27.8. The predicted octanol–water partition coefficient (Wildman–Crippen LogP) is 11.6. The number of rotatable bonds is 0. The van der Waals surface area contributed by atoms with Crippen molar-refractivity contribution >= 4 is 0 Å². The van der Waals surface area contributed by atoms with Gasteiger partial charge in [0.1, 0.15) is 0 Å². The highest BCUT2D eigenvalue weighted by Gasteiger charge is 2.35. The molecule has 4 heteroatoms. The van der Waals surface area contributed by atoms with Crippen LogP contribution in [0.1, 0.15) is 141 Å². The van der Waals surface area contributed by atoms with E-state index in [9.17, 15) is 0 Å². The second-order valence-electron chi connectivity index (χ2n) is 19.6. The van der Waals surface area contributed by atoms with Gasteiger partial charge in [0.15, 0.2) is 0 Å². The molecular weight excluding hydrogens is 681 g/mol. The van der Waals surface area contributed by atoms with E-state index in [0.717, 1.165) is 35.5 Å². The first-order valence-corrected chi connectivity index (χ1v) is 24.7. The Kier molecular flexibility index (Phi) is 18.0. The van der Waals surface area contributed by atoms with Crippen LogP contribution in [-0.2, 0) is 0 Å². The Hall–Kier alpha value is -1.72. The Bertz CT molecular complexity index is 1220. The van der Waals surface area contributed by atoms with E-state index < -0.39 is 0 Å². The van der Waals surface area contributed by atoms with E-state index in [2.05, 4.69) is 80.4 Å². The van der Waals surface area contributed by atoms with Crippen molar-refractivity contribution in [2.24, 2.45) is 35.5 Å². The number of hydrogen-bond acceptors (Lipinski definition) is 4. The van der Waals surface area contributed by atoms with Crippen molar-refractivity contribution in [1.82, 2.24) is 19.6 Å². The lowest BCUT2D eigenvalue weighted by Gasteiger charge is -2.43. The maximum absolute atomic E-state index is 2.81. The quantitative estimate of drug-likeness (QED) is 0.228. The van der Waals surface area contributed by atoms with Gasteiger partial charge in [-0.2, -0.15) is 0 Å². The largest absolute Gasteiger partial charge is 0.303 e. The summed E-state index contributed by atoms with van der Waals surface area (Å²) in [5.41, 5.74) is 3.64. The summed E-state index contributed by atoms with van der Waals surface area (Å²) in [6.45, 7) is 15.7. The average Bonchev–Trinajstić information content (AvgIpc) is 3.21. The minimum Gasteiger partial charge on any atom is -0.303 e. The van der Waals surface area contributed by atoms with Crippen molar-refractivity contribution in [3.05, 3.63) is 71.9 Å². The number of allylic oxidation sites excluding steroid dienone is 8. The molecule has 0 N–H and O–H groups in total. The first-order valence-electron chi connectivity index (χ1n) is 24.7. The molecule has 10 aliphatic rings. The number of piperidine rings is 2. The molecule has 4 unspecified atom stereocenters. The minimum absolute atomic E-state index is 0.778. The molecule has 0 aromatic rings. The summed E-state index contributed by atoms with van der Waals surface area (Å²) in [4.78, 5) is 11.2. The molecule has 312 valence electrons. The minimum atomic E-state index is 0.778. The topological polar surface area (TPSA) is 13.0 Å². The van der Waals surface area contributed by atoms with Crippen molar-refractivity contribution in [3.8, 4) is 0 Å². The fraction of sp³-hybridized carbons (Fsp3) is 0.769. The van der Waals surface area contributed by atoms with E-state index in [1.54, 1.807) is 0 Å². The third kappa shape index (κ3) is 13.7. The summed E-state index contributed by atoms with van der Waals surface area (Å²) < 4.78 is 0. The van der Waals surface area contributed by atoms with Gasteiger partial charge in [-0.3, -0.25) is 9.80 Å². The molecule has 0 amide bonds. The van der Waals surface area contributed by atoms with E-state index in [1.807, 2.05) is 11.1 Å². The normalized spacial score (nSPS) is 40.3. The zero-order chi connectivity index (χ0) is 38.0. The highest BCUT2D eigenvalue weighted by atomic mass is 15.2. The van der Waals surface area contributed by atoms with Gasteiger partial charge in [0.05, 0.1) is 0 Å². The first kappa shape index (κ1) is 42.4. The number of fused-ring (bicyclic) bond motifs is 16. The van der Waals surface area contributed by atoms with Crippen LogP contribution in [0.4, 0.5) is 0 Å². The summed E-state index contributed by atoms with van der Waals surface area (Å²) in [6, 6.07) is 0. The molecular formula is C52H84N4. The second-order valence-corrected chi connectivity index (χ2v) is 19.6. The van der Waals surface area contributed by atoms with Crippen molar-refractivity contribution in [2.45, 2.75) is 141 Å². The molecule has 0 spiro atoms. The van der Waals surface area contributed by atoms with Crippen LogP contribution >= 0.6 is 0 Å². The molecule has 0 aromatic heterocycles. The highest BCUT2D eigenvalue weighted by molar-refractivity contribution is 5.19. The molecule has 0 aromatic carbocycles. The van der Waals surface area contributed by atoms with Gasteiger partial charge in [-0.1, -0.05) is 71.9 Å². The van der Waals surface area contributed by atoms with Crippen LogP contribution in [0.3, 0.4) is 0 Å². The van der Waals surface area contributed by atoms with Gasteiger partial charge in [0.2, 0.25) is 0 Å². The highest BCUT2D eigenvalue weighted by Crippen LogP contribution is 2.39. The van der Waals surface area contributed by atoms with Gasteiger partial charge in [0, 0.05) is 39.3 Å². The molecule has 0 saturated carbocycles. The molecule has 2 saturated heterocycles. The standard InChI is InChI=1S/2C26H42N2/c2*1-3-7-11-16-27-18-15-26-24(21-27)14-10-6-2-4-8-12-17-28-20-23(13-9-5-1)19-25(26)22-28/h2*1-2,5-6,19,23-24,26H,3-4,7-18,20-22H2/b2*5-1-,6-2-/t2*23-,24-,26-/m10/s1. The van der Waals surface area contributed by atoms with Crippen molar-refractivity contribution in [1.29, 1.82) is 0 Å². The summed E-state index contributed by atoms with van der Waals surface area (Å²) in [6.07, 6.45) is 54.8. The fourth-order valence-corrected chi connectivity index (χ4v) is 12.1. The van der Waals surface area contributed by atoms with E-state index in [4.69, 9.17) is 0 Å². The Labute approximate surface area is 345 Å². The lowest BCUT2D eigenvalue weighted by atomic mass is 9.75. The summed E-state index contributed by atoms with van der Waals surface area (Å²) in [5, 5.41) is 0. The van der Waals surface area contributed by atoms with Crippen LogP contribution in [0.25, 0.3) is 0 Å². The molecule has 10 atom stereocenters. The van der Waals surface area contributed by atoms with E-state index in [0.29, 0.717) is 0 Å². The Morgan fingerprint density at radius 2 is 0.679 bits per heavy atom. The molecule has 0 aliphatic carbocycles. The average molecular weight is 765 g/mol. The molecule has 2 fully saturated rings. The van der Waals surface area contributed by atoms with Crippen molar-refractivity contribution < 1.29 is 0 Å². The van der Waals surface area contributed by atoms with Gasteiger partial charge < -0.3 is 9.80 Å². The maximum Gasteiger partial charge on any atom is 0.0196 e. The lowest BCUT2D eigenvalue weighted by molar-refractivity contribution is 0.118. The smallest absolute Gasteiger partial charge is 0.0196 e. The van der Waals surface area contributed by atoms with Crippen molar-refractivity contribution in [3.63, 3.8) is 0 Å². The van der Waals surface area contributed by atoms with E-state index in [-0.39, 0.29) is 0 Å². The predicted molar refractivity (Wildman–Crippen MR) is 241 cm³/mol. The van der Waals surface area contributed by atoms with E-state index >= 15 is 0 Å². The van der Waals surface area contributed by atoms with Gasteiger partial charge >= 0.3 is 0 Å². The molecule has 0 radical (unpaired) electrons. The zero-order valence-electron chi connectivity index (χ0n) is 36.1. The molecule has 12 bridgehead atoms. The second kappa shape index (κ2) is 23.8. The zero-order valence-corrected chi connectivity index (χ0v) is 36.1. The SMILES string of the molecule is C1=C2CN3CCCC/C=C\CC[C@@H]4CN(CCCC/C=C\CC[C@H]1C3)CC[C@@H]24.C1=C2CN3CCCC/C=C\CC[C@H]4CN(CCCC/C=C\CC[C@@H]1C3)CC[C@H]24. The van der Waals surface area contributed by atoms with Gasteiger partial charge in [-0.05, 0) is 216 Å². The van der Waals surface area contributed by atoms with Crippen LogP contribution < -0.4 is 0 Å². The van der Waals surface area contributed by atoms with Gasteiger partial charge in [-0.25, -0.2) is 0 Å². The van der Waals surface area contributed by atoms with Crippen LogP contribution in [0.15, 0.2) is 71.9 Å². The number of nitrogens with zero attached hydrogens (tertiary/aromatic N) is 4. The Morgan fingerprint density at radius 3 is 1.09 bits per heavy atom. The summed E-state index contributed by atoms with van der Waals surface area (Å²) >= 11 is 0. The summed E-state index contributed by atoms with van der Waals surface area (Å²) in [5.74, 6) is 4.98. The van der Waals surface area contributed by atoms with Crippen molar-refractivity contribution in [2.75, 3.05) is 78.5 Å². The molecule has 10 rings (SSSR count). The maximum atomic E-state index is 2.81. The third-order valence-electron chi connectivity index (χ3n) is 15.1. The van der Waals surface area contributed by atoms with Crippen LogP contribution in [0, 0.1) is 35.5 Å². The monoisotopic (exact) mass is 765 g/mol. The third-order valence-corrected chi connectivity index (χ3v) is 15.1.